The molecular weight excluding hydrogens is 72.0 g/mol. The molecule has 29 valence electrons. The van der Waals surface area contributed by atoms with Crippen molar-refractivity contribution in [3.05, 3.63) is 0 Å². The standard InChI is InChI=1S/C2H3O3/c3-1-2-5-4/h1H,2H2. The van der Waals surface area contributed by atoms with Gasteiger partial charge >= 0.3 is 0 Å². The minimum Gasteiger partial charge on any atom is -0.301 e. The Morgan fingerprint density at radius 1 is 1.80 bits per heavy atom. The predicted molar refractivity (Wildman–Crippen MR) is 12.7 cm³/mol. The van der Waals surface area contributed by atoms with Crippen molar-refractivity contribution in [2.24, 2.45) is 0 Å². The van der Waals surface area contributed by atoms with E-state index in [9.17, 15) is 0 Å². The lowest BCUT2D eigenvalue weighted by Crippen LogP contribution is -1.84. The number of carbonyl (C=O) groups excluding carboxylic acids is 1. The highest BCUT2D eigenvalue weighted by molar-refractivity contribution is 5.50. The molecule has 0 bridgehead atoms. The summed E-state index contributed by atoms with van der Waals surface area (Å²) < 4.78 is 0. The Labute approximate surface area is 29.1 Å². The van der Waals surface area contributed by atoms with Crippen molar-refractivity contribution < 1.29 is 14.9 Å². The maximum absolute atomic E-state index is 9.08. The molecule has 0 aromatic rings. The number of hydrogen-bond acceptors (Lipinski definition) is 2. The molecular formula is C2H3O3. The Morgan fingerprint density at radius 3 is 2.40 bits per heavy atom. The van der Waals surface area contributed by atoms with Crippen molar-refractivity contribution in [3.8, 4) is 0 Å². The van der Waals surface area contributed by atoms with E-state index in [-0.39, 0.29) is 6.61 Å². The molecule has 0 fully saturated rings. The summed E-state index contributed by atoms with van der Waals surface area (Å²) in [5.74, 6) is 0. The van der Waals surface area contributed by atoms with E-state index >= 15 is 0 Å². The average molecular weight is 75.0 g/mol. The second kappa shape index (κ2) is 3.59. The number of hydrogen-bond donors (Lipinski definition) is 0. The Hall–Kier alpha value is -0.410. The van der Waals surface area contributed by atoms with Gasteiger partial charge in [-0.15, -0.1) is 0 Å². The van der Waals surface area contributed by atoms with E-state index in [2.05, 4.69) is 4.89 Å². The monoisotopic (exact) mass is 75.0 g/mol. The third-order valence-electron chi connectivity index (χ3n) is 0.136. The van der Waals surface area contributed by atoms with Gasteiger partial charge in [-0.3, -0.25) is 0 Å². The van der Waals surface area contributed by atoms with Crippen LogP contribution < -0.4 is 0 Å². The van der Waals surface area contributed by atoms with E-state index in [4.69, 9.17) is 10.1 Å². The molecule has 0 rings (SSSR count). The molecule has 0 saturated carbocycles. The minimum atomic E-state index is -0.347. The molecule has 0 heterocycles. The second-order valence-corrected chi connectivity index (χ2v) is 0.451. The van der Waals surface area contributed by atoms with Gasteiger partial charge in [-0.25, -0.2) is 0 Å². The zero-order valence-electron chi connectivity index (χ0n) is 2.51. The fraction of sp³-hybridized carbons (Fsp3) is 0.500. The summed E-state index contributed by atoms with van der Waals surface area (Å²) in [6, 6.07) is 0. The lowest BCUT2D eigenvalue weighted by Gasteiger charge is -1.68. The third kappa shape index (κ3) is 3.59. The van der Waals surface area contributed by atoms with E-state index in [1.807, 2.05) is 0 Å². The van der Waals surface area contributed by atoms with E-state index in [1.165, 1.54) is 0 Å². The first-order valence-electron chi connectivity index (χ1n) is 1.10. The van der Waals surface area contributed by atoms with Crippen LogP contribution in [0.3, 0.4) is 0 Å². The first kappa shape index (κ1) is 4.59. The van der Waals surface area contributed by atoms with Gasteiger partial charge in [-0.1, -0.05) is 0 Å². The van der Waals surface area contributed by atoms with Crippen molar-refractivity contribution in [1.82, 2.24) is 0 Å². The lowest BCUT2D eigenvalue weighted by atomic mass is 10.9. The zero-order chi connectivity index (χ0) is 4.12. The van der Waals surface area contributed by atoms with E-state index in [0.717, 1.165) is 0 Å². The van der Waals surface area contributed by atoms with Gasteiger partial charge in [0.2, 0.25) is 0 Å². The van der Waals surface area contributed by atoms with E-state index < -0.39 is 0 Å². The molecule has 0 saturated heterocycles. The summed E-state index contributed by atoms with van der Waals surface area (Å²) in [6.07, 6.45) is 0.396. The van der Waals surface area contributed by atoms with Crippen LogP contribution in [-0.2, 0) is 14.9 Å². The van der Waals surface area contributed by atoms with Crippen molar-refractivity contribution in [1.29, 1.82) is 0 Å². The SMILES string of the molecule is [O]OCC=O. The maximum Gasteiger partial charge on any atom is 0.149 e. The molecule has 1 radical (unpaired) electrons. The summed E-state index contributed by atoms with van der Waals surface area (Å²) in [7, 11) is 0. The van der Waals surface area contributed by atoms with Gasteiger partial charge < -0.3 is 4.79 Å². The van der Waals surface area contributed by atoms with Gasteiger partial charge in [-0.2, -0.15) is 4.89 Å². The number of carbonyl (C=O) groups is 1. The Kier molecular flexibility index (Phi) is 3.30. The highest BCUT2D eigenvalue weighted by Gasteiger charge is 1.69. The minimum absolute atomic E-state index is 0.347. The van der Waals surface area contributed by atoms with Gasteiger partial charge in [0, 0.05) is 0 Å². The van der Waals surface area contributed by atoms with Crippen LogP contribution in [-0.4, -0.2) is 12.9 Å². The molecule has 0 amide bonds. The third-order valence-corrected chi connectivity index (χ3v) is 0.136. The molecule has 0 aliphatic rings. The van der Waals surface area contributed by atoms with Crippen molar-refractivity contribution >= 4 is 6.29 Å². The van der Waals surface area contributed by atoms with Gasteiger partial charge in [0.15, 0.2) is 0 Å². The summed E-state index contributed by atoms with van der Waals surface area (Å²) in [5, 5.41) is 8.80. The Balaban J connectivity index is 2.40. The molecule has 0 N–H and O–H groups in total. The fourth-order valence-corrected chi connectivity index (χ4v) is 0.0278. The normalized spacial score (nSPS) is 7.40. The van der Waals surface area contributed by atoms with E-state index in [1.54, 1.807) is 0 Å². The van der Waals surface area contributed by atoms with Crippen molar-refractivity contribution in [2.75, 3.05) is 6.61 Å². The second-order valence-electron chi connectivity index (χ2n) is 0.451. The molecule has 0 aliphatic heterocycles. The smallest absolute Gasteiger partial charge is 0.149 e. The summed E-state index contributed by atoms with van der Waals surface area (Å²) >= 11 is 0. The van der Waals surface area contributed by atoms with E-state index in [0.29, 0.717) is 6.29 Å². The molecule has 0 spiro atoms. The molecule has 0 atom stereocenters. The van der Waals surface area contributed by atoms with Gasteiger partial charge in [0.05, 0.1) is 0 Å². The lowest BCUT2D eigenvalue weighted by molar-refractivity contribution is -0.294. The first-order valence-corrected chi connectivity index (χ1v) is 1.10. The van der Waals surface area contributed by atoms with Gasteiger partial charge in [0.25, 0.3) is 0 Å². The van der Waals surface area contributed by atoms with Gasteiger partial charge in [0.1, 0.15) is 12.9 Å². The number of aldehydes is 1. The van der Waals surface area contributed by atoms with Crippen LogP contribution in [0.1, 0.15) is 0 Å². The topological polar surface area (TPSA) is 46.2 Å². The Bertz CT molecular complexity index is 26.1. The van der Waals surface area contributed by atoms with Crippen LogP contribution in [0.4, 0.5) is 0 Å². The van der Waals surface area contributed by atoms with Gasteiger partial charge in [-0.05, 0) is 5.26 Å². The number of rotatable bonds is 2. The van der Waals surface area contributed by atoms with Crippen molar-refractivity contribution in [2.45, 2.75) is 0 Å². The highest BCUT2D eigenvalue weighted by atomic mass is 17.1. The quantitative estimate of drug-likeness (QED) is 0.253. The van der Waals surface area contributed by atoms with Crippen molar-refractivity contribution in [3.63, 3.8) is 0 Å². The molecule has 0 aromatic carbocycles. The molecule has 0 aliphatic carbocycles. The van der Waals surface area contributed by atoms with Crippen LogP contribution in [0, 0.1) is 0 Å². The van der Waals surface area contributed by atoms with Crippen LogP contribution in [0.15, 0.2) is 0 Å². The Morgan fingerprint density at radius 2 is 2.40 bits per heavy atom. The van der Waals surface area contributed by atoms with Crippen LogP contribution in [0.5, 0.6) is 0 Å². The molecule has 3 nitrogen and oxygen atoms in total. The zero-order valence-corrected chi connectivity index (χ0v) is 2.51. The highest BCUT2D eigenvalue weighted by Crippen LogP contribution is 1.51. The van der Waals surface area contributed by atoms with Crippen LogP contribution in [0.2, 0.25) is 0 Å². The fourth-order valence-electron chi connectivity index (χ4n) is 0.0278. The molecule has 0 aromatic heterocycles. The maximum atomic E-state index is 9.08. The largest absolute Gasteiger partial charge is 0.301 e. The average Bonchev–Trinajstić information content (AvgIpc) is 1.41. The molecule has 0 unspecified atom stereocenters. The molecule has 5 heavy (non-hydrogen) atoms. The van der Waals surface area contributed by atoms with Crippen LogP contribution >= 0.6 is 0 Å². The first-order chi connectivity index (χ1) is 2.41. The summed E-state index contributed by atoms with van der Waals surface area (Å²) in [4.78, 5) is 12.2. The molecule has 3 heteroatoms. The van der Waals surface area contributed by atoms with Crippen LogP contribution in [0.25, 0.3) is 0 Å². The predicted octanol–water partition coefficient (Wildman–Crippen LogP) is -0.453. The summed E-state index contributed by atoms with van der Waals surface area (Å²) in [6.45, 7) is -0.347. The summed E-state index contributed by atoms with van der Waals surface area (Å²) in [5.41, 5.74) is 0.